The summed E-state index contributed by atoms with van der Waals surface area (Å²) < 4.78 is 0. The van der Waals surface area contributed by atoms with Crippen molar-refractivity contribution in [3.05, 3.63) is 35.5 Å². The van der Waals surface area contributed by atoms with Gasteiger partial charge < -0.3 is 15.2 Å². The molecule has 2 aliphatic heterocycles. The zero-order valence-electron chi connectivity index (χ0n) is 15.0. The molecule has 5 heteroatoms. The van der Waals surface area contributed by atoms with Crippen LogP contribution in [0.25, 0.3) is 10.9 Å². The van der Waals surface area contributed by atoms with Gasteiger partial charge in [-0.1, -0.05) is 18.2 Å². The van der Waals surface area contributed by atoms with Gasteiger partial charge in [0.2, 0.25) is 0 Å². The van der Waals surface area contributed by atoms with Gasteiger partial charge in [-0.25, -0.2) is 0 Å². The lowest BCUT2D eigenvalue weighted by Gasteiger charge is -2.43. The second-order valence-electron chi connectivity index (χ2n) is 7.70. The van der Waals surface area contributed by atoms with Gasteiger partial charge in [-0.15, -0.1) is 0 Å². The zero-order chi connectivity index (χ0) is 17.4. The molecule has 1 aromatic heterocycles. The quantitative estimate of drug-likeness (QED) is 0.796. The second kappa shape index (κ2) is 7.08. The summed E-state index contributed by atoms with van der Waals surface area (Å²) in [5.74, 6) is 0. The van der Waals surface area contributed by atoms with Crippen molar-refractivity contribution in [2.24, 2.45) is 0 Å². The molecule has 0 amide bonds. The van der Waals surface area contributed by atoms with Crippen molar-refractivity contribution >= 4 is 10.9 Å². The van der Waals surface area contributed by atoms with E-state index in [0.29, 0.717) is 0 Å². The third kappa shape index (κ3) is 3.47. The van der Waals surface area contributed by atoms with Crippen LogP contribution in [0.3, 0.4) is 0 Å². The van der Waals surface area contributed by atoms with Crippen molar-refractivity contribution in [2.45, 2.75) is 51.0 Å². The number of H-pyrrole nitrogens is 1. The number of aliphatic hydroxyl groups excluding tert-OH is 2. The highest BCUT2D eigenvalue weighted by Crippen LogP contribution is 2.26. The van der Waals surface area contributed by atoms with E-state index in [1.807, 2.05) is 0 Å². The number of aromatic nitrogens is 1. The molecule has 4 rings (SSSR count). The minimum Gasteiger partial charge on any atom is -0.393 e. The topological polar surface area (TPSA) is 62.7 Å². The minimum absolute atomic E-state index is 0.154. The predicted octanol–water partition coefficient (Wildman–Crippen LogP) is 1.87. The van der Waals surface area contributed by atoms with Crippen LogP contribution in [0.4, 0.5) is 0 Å². The first kappa shape index (κ1) is 17.0. The molecule has 2 aromatic rings. The third-order valence-electron chi connectivity index (χ3n) is 6.01. The largest absolute Gasteiger partial charge is 0.393 e. The Hall–Kier alpha value is -1.40. The van der Waals surface area contributed by atoms with Crippen molar-refractivity contribution in [2.75, 3.05) is 26.2 Å². The number of aliphatic hydroxyl groups is 2. The van der Waals surface area contributed by atoms with Crippen LogP contribution in [0.1, 0.15) is 30.5 Å². The summed E-state index contributed by atoms with van der Waals surface area (Å²) in [5.41, 5.74) is 3.77. The van der Waals surface area contributed by atoms with E-state index in [4.69, 9.17) is 0 Å². The summed E-state index contributed by atoms with van der Waals surface area (Å²) >= 11 is 0. The van der Waals surface area contributed by atoms with Crippen LogP contribution >= 0.6 is 0 Å². The van der Waals surface area contributed by atoms with Gasteiger partial charge in [-0.3, -0.25) is 9.80 Å². The fourth-order valence-corrected chi connectivity index (χ4v) is 4.53. The fraction of sp³-hybridized carbons (Fsp3) is 0.600. The Morgan fingerprint density at radius 3 is 2.60 bits per heavy atom. The number of benzene rings is 1. The van der Waals surface area contributed by atoms with Crippen molar-refractivity contribution in [1.29, 1.82) is 0 Å². The molecule has 0 unspecified atom stereocenters. The van der Waals surface area contributed by atoms with E-state index in [9.17, 15) is 10.2 Å². The van der Waals surface area contributed by atoms with Gasteiger partial charge in [-0.05, 0) is 37.8 Å². The van der Waals surface area contributed by atoms with E-state index in [-0.39, 0.29) is 18.2 Å². The molecule has 0 spiro atoms. The molecular formula is C20H29N3O2. The molecule has 25 heavy (non-hydrogen) atoms. The Balaban J connectivity index is 1.41. The monoisotopic (exact) mass is 343 g/mol. The smallest absolute Gasteiger partial charge is 0.0822 e. The number of β-amino-alcohol motifs (C(OH)–C–C–N with tert-alkyl or cyclic N) is 1. The molecular weight excluding hydrogens is 314 g/mol. The number of aryl methyl sites for hydroxylation is 1. The minimum atomic E-state index is -0.311. The van der Waals surface area contributed by atoms with E-state index in [1.54, 1.807) is 0 Å². The van der Waals surface area contributed by atoms with Crippen molar-refractivity contribution in [3.63, 3.8) is 0 Å². The van der Waals surface area contributed by atoms with Gasteiger partial charge in [0.05, 0.1) is 12.2 Å². The first-order chi connectivity index (χ1) is 12.1. The number of rotatable bonds is 3. The number of fused-ring (bicyclic) bond motifs is 1. The van der Waals surface area contributed by atoms with E-state index in [0.717, 1.165) is 52.0 Å². The molecule has 2 atom stereocenters. The van der Waals surface area contributed by atoms with Gasteiger partial charge in [0.15, 0.2) is 0 Å². The normalized spacial score (nSPS) is 27.2. The van der Waals surface area contributed by atoms with Gasteiger partial charge in [0, 0.05) is 55.4 Å². The molecule has 2 fully saturated rings. The Labute approximate surface area is 149 Å². The lowest BCUT2D eigenvalue weighted by Crippen LogP contribution is -2.55. The number of likely N-dealkylation sites (tertiary alicyclic amines) is 2. The molecule has 3 heterocycles. The van der Waals surface area contributed by atoms with E-state index < -0.39 is 0 Å². The maximum atomic E-state index is 10.7. The van der Waals surface area contributed by atoms with Gasteiger partial charge in [0.1, 0.15) is 0 Å². The maximum Gasteiger partial charge on any atom is 0.0822 e. The van der Waals surface area contributed by atoms with E-state index in [1.165, 1.54) is 22.2 Å². The molecule has 5 nitrogen and oxygen atoms in total. The predicted molar refractivity (Wildman–Crippen MR) is 99.5 cm³/mol. The fourth-order valence-electron chi connectivity index (χ4n) is 4.53. The Bertz CT molecular complexity index is 721. The Morgan fingerprint density at radius 2 is 1.84 bits per heavy atom. The Morgan fingerprint density at radius 1 is 1.08 bits per heavy atom. The molecule has 136 valence electrons. The van der Waals surface area contributed by atoms with Crippen molar-refractivity contribution in [1.82, 2.24) is 14.8 Å². The van der Waals surface area contributed by atoms with Crippen LogP contribution in [0.5, 0.6) is 0 Å². The summed E-state index contributed by atoms with van der Waals surface area (Å²) in [6, 6.07) is 8.69. The summed E-state index contributed by atoms with van der Waals surface area (Å²) in [7, 11) is 0. The van der Waals surface area contributed by atoms with Crippen LogP contribution < -0.4 is 0 Å². The van der Waals surface area contributed by atoms with Gasteiger partial charge >= 0.3 is 0 Å². The number of nitrogens with zero attached hydrogens (tertiary/aromatic N) is 2. The van der Waals surface area contributed by atoms with E-state index in [2.05, 4.69) is 46.0 Å². The highest BCUT2D eigenvalue weighted by atomic mass is 16.3. The first-order valence-electron chi connectivity index (χ1n) is 9.50. The number of hydrogen-bond acceptors (Lipinski definition) is 4. The lowest BCUT2D eigenvalue weighted by atomic mass is 9.96. The molecule has 3 N–H and O–H groups in total. The molecule has 2 saturated heterocycles. The van der Waals surface area contributed by atoms with Gasteiger partial charge in [0.25, 0.3) is 0 Å². The van der Waals surface area contributed by atoms with E-state index >= 15 is 0 Å². The highest BCUT2D eigenvalue weighted by Gasteiger charge is 2.34. The molecule has 0 aliphatic carbocycles. The second-order valence-corrected chi connectivity index (χ2v) is 7.70. The standard InChI is InChI=1S/C20H29N3O2/c1-14-17(16-4-2-3-5-18(16)21-14)12-22-9-8-19(20(25)13-22)23-10-6-15(24)7-11-23/h2-5,15,19-21,24-25H,6-13H2,1H3/t19-,20-/m1/s1. The summed E-state index contributed by atoms with van der Waals surface area (Å²) in [6.45, 7) is 6.58. The van der Waals surface area contributed by atoms with Crippen molar-refractivity contribution in [3.8, 4) is 0 Å². The van der Waals surface area contributed by atoms with Crippen LogP contribution in [0, 0.1) is 6.92 Å². The first-order valence-corrected chi connectivity index (χ1v) is 9.50. The summed E-state index contributed by atoms with van der Waals surface area (Å²) in [4.78, 5) is 8.23. The van der Waals surface area contributed by atoms with Crippen LogP contribution in [0.2, 0.25) is 0 Å². The molecule has 1 aromatic carbocycles. The molecule has 0 radical (unpaired) electrons. The molecule has 0 bridgehead atoms. The lowest BCUT2D eigenvalue weighted by molar-refractivity contribution is -0.0355. The summed E-state index contributed by atoms with van der Waals surface area (Å²) in [6.07, 6.45) is 2.20. The number of para-hydroxylation sites is 1. The number of piperidine rings is 2. The number of aromatic amines is 1. The molecule has 2 aliphatic rings. The molecule has 0 saturated carbocycles. The zero-order valence-corrected chi connectivity index (χ0v) is 15.0. The SMILES string of the molecule is Cc1[nH]c2ccccc2c1CN1CC[C@@H](N2CCC(O)CC2)[C@H](O)C1. The van der Waals surface area contributed by atoms with Gasteiger partial charge in [-0.2, -0.15) is 0 Å². The maximum absolute atomic E-state index is 10.7. The number of hydrogen-bond donors (Lipinski definition) is 3. The average Bonchev–Trinajstić information content (AvgIpc) is 2.92. The third-order valence-corrected chi connectivity index (χ3v) is 6.01. The average molecular weight is 343 g/mol. The van der Waals surface area contributed by atoms with Crippen LogP contribution in [-0.2, 0) is 6.54 Å². The van der Waals surface area contributed by atoms with Crippen LogP contribution in [0.15, 0.2) is 24.3 Å². The van der Waals surface area contributed by atoms with Crippen molar-refractivity contribution < 1.29 is 10.2 Å². The highest BCUT2D eigenvalue weighted by molar-refractivity contribution is 5.84. The Kier molecular flexibility index (Phi) is 4.82. The number of nitrogens with one attached hydrogen (secondary N) is 1. The van der Waals surface area contributed by atoms with Crippen LogP contribution in [-0.4, -0.2) is 69.4 Å². The summed E-state index contributed by atoms with van der Waals surface area (Å²) in [5, 5.41) is 21.7.